The lowest BCUT2D eigenvalue weighted by Gasteiger charge is -2.14. The summed E-state index contributed by atoms with van der Waals surface area (Å²) in [6, 6.07) is 15.5. The molecule has 0 aliphatic rings. The molecule has 158 valence electrons. The predicted octanol–water partition coefficient (Wildman–Crippen LogP) is 4.10. The second-order valence-electron chi connectivity index (χ2n) is 7.30. The molecule has 0 saturated carbocycles. The Kier molecular flexibility index (Phi) is 6.41. The first-order chi connectivity index (χ1) is 15.0. The highest BCUT2D eigenvalue weighted by molar-refractivity contribution is 7.92. The number of hydrogen-bond donors (Lipinski definition) is 1. The van der Waals surface area contributed by atoms with Crippen molar-refractivity contribution in [3.05, 3.63) is 66.5 Å². The molecular weight excluding hydrogens is 410 g/mol. The van der Waals surface area contributed by atoms with E-state index in [1.807, 2.05) is 69.4 Å². The van der Waals surface area contributed by atoms with Crippen LogP contribution in [0.5, 0.6) is 0 Å². The Labute approximate surface area is 184 Å². The van der Waals surface area contributed by atoms with Gasteiger partial charge in [-0.3, -0.25) is 4.98 Å². The molecule has 2 aromatic heterocycles. The Morgan fingerprint density at radius 3 is 2.23 bits per heavy atom. The van der Waals surface area contributed by atoms with Crippen LogP contribution in [0.2, 0.25) is 0 Å². The van der Waals surface area contributed by atoms with E-state index in [1.54, 1.807) is 12.4 Å². The number of nitrogens with zero attached hydrogens (tertiary/aromatic N) is 4. The van der Waals surface area contributed by atoms with Crippen LogP contribution in [0.25, 0.3) is 34.3 Å². The van der Waals surface area contributed by atoms with Crippen molar-refractivity contribution in [1.29, 1.82) is 0 Å². The molecule has 0 saturated heterocycles. The standard InChI is InChI=1S/C23H23N5O2S/c1-15(2)31(29)19-10-8-17(9-11-19)20-13-25-14-21(26-20)23-28-27-22(30-23)18-6-4-16(5-7-18)12-24-3/h4-11,13-15,24H,12H2,1-3H3. The van der Waals surface area contributed by atoms with Gasteiger partial charge in [-0.05, 0) is 74.0 Å². The minimum absolute atomic E-state index is 0.0696. The number of benzene rings is 2. The molecule has 0 spiro atoms. The molecule has 1 unspecified atom stereocenters. The molecular formula is C23H23N5O2S. The molecule has 1 N–H and O–H groups in total. The third-order valence-electron chi connectivity index (χ3n) is 4.67. The molecule has 0 aliphatic heterocycles. The largest absolute Gasteiger partial charge is 0.611 e. The van der Waals surface area contributed by atoms with Gasteiger partial charge in [0.05, 0.1) is 18.1 Å². The van der Waals surface area contributed by atoms with E-state index in [1.165, 1.54) is 5.56 Å². The third-order valence-corrected chi connectivity index (χ3v) is 6.26. The fraction of sp³-hybridized carbons (Fsp3) is 0.217. The maximum atomic E-state index is 12.3. The molecule has 8 heteroatoms. The first-order valence-corrected chi connectivity index (χ1v) is 11.2. The summed E-state index contributed by atoms with van der Waals surface area (Å²) in [6.07, 6.45) is 3.27. The fourth-order valence-corrected chi connectivity index (χ4v) is 4.00. The summed E-state index contributed by atoms with van der Waals surface area (Å²) >= 11 is -1.03. The van der Waals surface area contributed by atoms with Crippen molar-refractivity contribution in [3.63, 3.8) is 0 Å². The molecule has 1 atom stereocenters. The van der Waals surface area contributed by atoms with Gasteiger partial charge in [0.25, 0.3) is 5.89 Å². The third kappa shape index (κ3) is 4.82. The monoisotopic (exact) mass is 433 g/mol. The minimum Gasteiger partial charge on any atom is -0.611 e. The molecule has 7 nitrogen and oxygen atoms in total. The van der Waals surface area contributed by atoms with E-state index in [0.717, 1.165) is 22.6 Å². The van der Waals surface area contributed by atoms with E-state index in [4.69, 9.17) is 4.42 Å². The topological polar surface area (TPSA) is 99.8 Å². The normalized spacial score (nSPS) is 12.3. The average Bonchev–Trinajstić information content (AvgIpc) is 3.30. The van der Waals surface area contributed by atoms with Crippen molar-refractivity contribution >= 4 is 11.2 Å². The minimum atomic E-state index is -1.03. The number of nitrogens with one attached hydrogen (secondary N) is 1. The van der Waals surface area contributed by atoms with Crippen molar-refractivity contribution in [1.82, 2.24) is 25.5 Å². The van der Waals surface area contributed by atoms with Gasteiger partial charge in [-0.15, -0.1) is 10.2 Å². The van der Waals surface area contributed by atoms with Crippen LogP contribution in [0.15, 0.2) is 70.2 Å². The lowest BCUT2D eigenvalue weighted by molar-refractivity contribution is 0.581. The number of rotatable bonds is 7. The lowest BCUT2D eigenvalue weighted by atomic mass is 10.1. The lowest BCUT2D eigenvalue weighted by Crippen LogP contribution is -2.13. The van der Waals surface area contributed by atoms with Gasteiger partial charge in [0.15, 0.2) is 4.90 Å². The van der Waals surface area contributed by atoms with E-state index >= 15 is 0 Å². The van der Waals surface area contributed by atoms with Gasteiger partial charge >= 0.3 is 0 Å². The van der Waals surface area contributed by atoms with Crippen LogP contribution in [0, 0.1) is 0 Å². The molecule has 4 aromatic rings. The smallest absolute Gasteiger partial charge is 0.268 e. The van der Waals surface area contributed by atoms with Gasteiger partial charge in [0.2, 0.25) is 5.89 Å². The van der Waals surface area contributed by atoms with E-state index in [2.05, 4.69) is 25.5 Å². The molecule has 0 radical (unpaired) electrons. The molecule has 0 bridgehead atoms. The Hall–Kier alpha value is -3.07. The first-order valence-electron chi connectivity index (χ1n) is 9.96. The zero-order chi connectivity index (χ0) is 21.8. The summed E-state index contributed by atoms with van der Waals surface area (Å²) in [6.45, 7) is 4.68. The SMILES string of the molecule is CNCc1ccc(-c2nnc(-c3cncc(-c4ccc([S+]([O-])C(C)C)cc4)n3)o2)cc1. The zero-order valence-electron chi connectivity index (χ0n) is 17.6. The van der Waals surface area contributed by atoms with Crippen LogP contribution >= 0.6 is 0 Å². The first kappa shape index (κ1) is 21.2. The average molecular weight is 434 g/mol. The molecule has 0 fully saturated rings. The Balaban J connectivity index is 1.56. The van der Waals surface area contributed by atoms with Crippen LogP contribution in [0.4, 0.5) is 0 Å². The van der Waals surface area contributed by atoms with Crippen LogP contribution in [-0.4, -0.2) is 37.0 Å². The van der Waals surface area contributed by atoms with E-state index in [-0.39, 0.29) is 5.25 Å². The quantitative estimate of drug-likeness (QED) is 0.438. The van der Waals surface area contributed by atoms with Gasteiger partial charge in [-0.1, -0.05) is 12.1 Å². The maximum Gasteiger partial charge on any atom is 0.268 e. The van der Waals surface area contributed by atoms with E-state index in [9.17, 15) is 4.55 Å². The molecule has 2 aromatic carbocycles. The van der Waals surface area contributed by atoms with Gasteiger partial charge in [-0.25, -0.2) is 4.98 Å². The van der Waals surface area contributed by atoms with E-state index in [0.29, 0.717) is 23.2 Å². The molecule has 0 aliphatic carbocycles. The summed E-state index contributed by atoms with van der Waals surface area (Å²) in [5, 5.41) is 11.5. The summed E-state index contributed by atoms with van der Waals surface area (Å²) in [5.74, 6) is 0.736. The Morgan fingerprint density at radius 1 is 0.903 bits per heavy atom. The van der Waals surface area contributed by atoms with Crippen molar-refractivity contribution in [2.24, 2.45) is 0 Å². The molecule has 2 heterocycles. The van der Waals surface area contributed by atoms with Gasteiger partial charge in [0, 0.05) is 17.7 Å². The van der Waals surface area contributed by atoms with Crippen molar-refractivity contribution in [2.45, 2.75) is 30.5 Å². The second kappa shape index (κ2) is 9.38. The number of aromatic nitrogens is 4. The highest BCUT2D eigenvalue weighted by Gasteiger charge is 2.16. The maximum absolute atomic E-state index is 12.3. The Morgan fingerprint density at radius 2 is 1.55 bits per heavy atom. The van der Waals surface area contributed by atoms with Crippen molar-refractivity contribution in [2.75, 3.05) is 7.05 Å². The van der Waals surface area contributed by atoms with Crippen LogP contribution in [-0.2, 0) is 17.7 Å². The highest BCUT2D eigenvalue weighted by atomic mass is 32.2. The molecule has 31 heavy (non-hydrogen) atoms. The molecule has 0 amide bonds. The number of hydrogen-bond acceptors (Lipinski definition) is 7. The Bertz CT molecular complexity index is 1140. The second-order valence-corrected chi connectivity index (χ2v) is 9.31. The van der Waals surface area contributed by atoms with Crippen LogP contribution < -0.4 is 5.32 Å². The fourth-order valence-electron chi connectivity index (χ4n) is 3.05. The van der Waals surface area contributed by atoms with Crippen LogP contribution in [0.3, 0.4) is 0 Å². The molecule has 4 rings (SSSR count). The zero-order valence-corrected chi connectivity index (χ0v) is 18.4. The van der Waals surface area contributed by atoms with Gasteiger partial charge in [0.1, 0.15) is 10.9 Å². The summed E-state index contributed by atoms with van der Waals surface area (Å²) in [4.78, 5) is 9.70. The van der Waals surface area contributed by atoms with Crippen molar-refractivity contribution < 1.29 is 8.97 Å². The van der Waals surface area contributed by atoms with Gasteiger partial charge in [-0.2, -0.15) is 0 Å². The van der Waals surface area contributed by atoms with E-state index < -0.39 is 11.2 Å². The highest BCUT2D eigenvalue weighted by Crippen LogP contribution is 2.26. The van der Waals surface area contributed by atoms with Gasteiger partial charge < -0.3 is 14.3 Å². The summed E-state index contributed by atoms with van der Waals surface area (Å²) in [5.41, 5.74) is 4.07. The van der Waals surface area contributed by atoms with Crippen molar-refractivity contribution in [3.8, 4) is 34.3 Å². The summed E-state index contributed by atoms with van der Waals surface area (Å²) < 4.78 is 18.1. The van der Waals surface area contributed by atoms with Crippen LogP contribution in [0.1, 0.15) is 19.4 Å². The summed E-state index contributed by atoms with van der Waals surface area (Å²) in [7, 11) is 1.91. The predicted molar refractivity (Wildman–Crippen MR) is 121 cm³/mol.